The van der Waals surface area contributed by atoms with Gasteiger partial charge in [-0.25, -0.2) is 0 Å². The van der Waals surface area contributed by atoms with Gasteiger partial charge < -0.3 is 5.32 Å². The molecule has 2 nitrogen and oxygen atoms in total. The molecule has 0 saturated carbocycles. The first-order valence-electron chi connectivity index (χ1n) is 6.02. The number of rotatable bonds is 3. The van der Waals surface area contributed by atoms with Crippen molar-refractivity contribution in [2.75, 3.05) is 6.54 Å². The molecule has 1 aromatic rings. The average Bonchev–Trinajstić information content (AvgIpc) is 2.13. The maximum absolute atomic E-state index is 4.60. The van der Waals surface area contributed by atoms with Gasteiger partial charge in [-0.05, 0) is 36.9 Å². The van der Waals surface area contributed by atoms with E-state index in [0.717, 1.165) is 6.54 Å². The Morgan fingerprint density at radius 3 is 2.38 bits per heavy atom. The topological polar surface area (TPSA) is 24.9 Å². The molecule has 1 heterocycles. The number of aromatic nitrogens is 1. The average molecular weight is 220 g/mol. The van der Waals surface area contributed by atoms with Crippen molar-refractivity contribution >= 4 is 0 Å². The summed E-state index contributed by atoms with van der Waals surface area (Å²) in [6.45, 7) is 14.1. The van der Waals surface area contributed by atoms with Gasteiger partial charge in [0.2, 0.25) is 0 Å². The van der Waals surface area contributed by atoms with E-state index < -0.39 is 0 Å². The number of nitrogens with zero attached hydrogens (tertiary/aromatic N) is 1. The molecule has 0 aliphatic carbocycles. The monoisotopic (exact) mass is 220 g/mol. The van der Waals surface area contributed by atoms with E-state index in [2.05, 4.69) is 57.9 Å². The quantitative estimate of drug-likeness (QED) is 0.844. The zero-order valence-corrected chi connectivity index (χ0v) is 11.4. The van der Waals surface area contributed by atoms with Crippen LogP contribution in [0.4, 0.5) is 0 Å². The van der Waals surface area contributed by atoms with Crippen LogP contribution in [-0.4, -0.2) is 11.5 Å². The zero-order valence-electron chi connectivity index (χ0n) is 11.4. The van der Waals surface area contributed by atoms with Crippen LogP contribution < -0.4 is 5.32 Å². The standard InChI is InChI=1S/C14H24N2/c1-7-15-13(14(4,5)6)12-11(3)8-10(2)9-16-12/h8-9,13,15H,7H2,1-6H3. The first kappa shape index (κ1) is 13.2. The molecule has 0 spiro atoms. The van der Waals surface area contributed by atoms with E-state index >= 15 is 0 Å². The van der Waals surface area contributed by atoms with Gasteiger partial charge in [0, 0.05) is 6.20 Å². The maximum atomic E-state index is 4.60. The Balaban J connectivity index is 3.11. The summed E-state index contributed by atoms with van der Waals surface area (Å²) in [5.41, 5.74) is 3.87. The van der Waals surface area contributed by atoms with Crippen molar-refractivity contribution in [2.24, 2.45) is 5.41 Å². The highest BCUT2D eigenvalue weighted by molar-refractivity contribution is 5.26. The fourth-order valence-electron chi connectivity index (χ4n) is 2.05. The molecule has 16 heavy (non-hydrogen) atoms. The lowest BCUT2D eigenvalue weighted by Gasteiger charge is -2.32. The number of aryl methyl sites for hydroxylation is 2. The van der Waals surface area contributed by atoms with Gasteiger partial charge in [-0.1, -0.05) is 33.8 Å². The molecule has 0 aromatic carbocycles. The van der Waals surface area contributed by atoms with Gasteiger partial charge in [-0.15, -0.1) is 0 Å². The van der Waals surface area contributed by atoms with E-state index in [0.29, 0.717) is 6.04 Å². The SMILES string of the molecule is CCNC(c1ncc(C)cc1C)C(C)(C)C. The fourth-order valence-corrected chi connectivity index (χ4v) is 2.05. The second kappa shape index (κ2) is 4.96. The van der Waals surface area contributed by atoms with Gasteiger partial charge in [0.1, 0.15) is 0 Å². The minimum Gasteiger partial charge on any atom is -0.308 e. The molecule has 0 radical (unpaired) electrons. The van der Waals surface area contributed by atoms with Crippen LogP contribution in [-0.2, 0) is 0 Å². The van der Waals surface area contributed by atoms with Crippen LogP contribution in [0.15, 0.2) is 12.3 Å². The summed E-state index contributed by atoms with van der Waals surface area (Å²) in [5.74, 6) is 0. The molecule has 0 fully saturated rings. The minimum atomic E-state index is 0.184. The lowest BCUT2D eigenvalue weighted by Crippen LogP contribution is -2.33. The van der Waals surface area contributed by atoms with Crippen molar-refractivity contribution in [1.82, 2.24) is 10.3 Å². The smallest absolute Gasteiger partial charge is 0.0607 e. The van der Waals surface area contributed by atoms with Crippen LogP contribution >= 0.6 is 0 Å². The number of pyridine rings is 1. The van der Waals surface area contributed by atoms with Crippen LogP contribution in [0.5, 0.6) is 0 Å². The predicted octanol–water partition coefficient (Wildman–Crippen LogP) is 3.40. The number of hydrogen-bond acceptors (Lipinski definition) is 2. The Labute approximate surface area is 99.5 Å². The molecule has 1 unspecified atom stereocenters. The van der Waals surface area contributed by atoms with Crippen molar-refractivity contribution in [1.29, 1.82) is 0 Å². The van der Waals surface area contributed by atoms with Crippen molar-refractivity contribution in [3.63, 3.8) is 0 Å². The molecule has 0 bridgehead atoms. The Morgan fingerprint density at radius 2 is 1.94 bits per heavy atom. The van der Waals surface area contributed by atoms with E-state index in [1.54, 1.807) is 0 Å². The Morgan fingerprint density at radius 1 is 1.31 bits per heavy atom. The van der Waals surface area contributed by atoms with Crippen LogP contribution in [0.1, 0.15) is 50.6 Å². The molecule has 0 saturated heterocycles. The molecule has 0 aliphatic heterocycles. The van der Waals surface area contributed by atoms with Gasteiger partial charge in [0.25, 0.3) is 0 Å². The van der Waals surface area contributed by atoms with Crippen LogP contribution in [0, 0.1) is 19.3 Å². The van der Waals surface area contributed by atoms with Crippen molar-refractivity contribution in [2.45, 2.75) is 47.6 Å². The molecule has 1 N–H and O–H groups in total. The normalized spacial score (nSPS) is 13.9. The Bertz CT molecular complexity index is 350. The lowest BCUT2D eigenvalue weighted by molar-refractivity contribution is 0.270. The van der Waals surface area contributed by atoms with Gasteiger partial charge in [0.05, 0.1) is 11.7 Å². The Kier molecular flexibility index (Phi) is 4.09. The van der Waals surface area contributed by atoms with Gasteiger partial charge in [-0.2, -0.15) is 0 Å². The molecular formula is C14H24N2. The molecule has 0 aliphatic rings. The summed E-state index contributed by atoms with van der Waals surface area (Å²) in [7, 11) is 0. The lowest BCUT2D eigenvalue weighted by atomic mass is 9.83. The molecule has 0 amide bonds. The number of hydrogen-bond donors (Lipinski definition) is 1. The third-order valence-corrected chi connectivity index (χ3v) is 2.80. The van der Waals surface area contributed by atoms with Gasteiger partial charge >= 0.3 is 0 Å². The highest BCUT2D eigenvalue weighted by Crippen LogP contribution is 2.33. The molecule has 1 aromatic heterocycles. The van der Waals surface area contributed by atoms with Crippen molar-refractivity contribution in [3.8, 4) is 0 Å². The second-order valence-electron chi connectivity index (χ2n) is 5.57. The molecule has 1 rings (SSSR count). The van der Waals surface area contributed by atoms with Crippen molar-refractivity contribution in [3.05, 3.63) is 29.1 Å². The summed E-state index contributed by atoms with van der Waals surface area (Å²) in [6, 6.07) is 2.52. The summed E-state index contributed by atoms with van der Waals surface area (Å²) in [4.78, 5) is 4.60. The molecular weight excluding hydrogens is 196 g/mol. The van der Waals surface area contributed by atoms with Gasteiger partial charge in [-0.3, -0.25) is 4.98 Å². The third kappa shape index (κ3) is 3.05. The van der Waals surface area contributed by atoms with Gasteiger partial charge in [0.15, 0.2) is 0 Å². The van der Waals surface area contributed by atoms with E-state index in [1.165, 1.54) is 16.8 Å². The maximum Gasteiger partial charge on any atom is 0.0607 e. The van der Waals surface area contributed by atoms with E-state index in [9.17, 15) is 0 Å². The second-order valence-corrected chi connectivity index (χ2v) is 5.57. The Hall–Kier alpha value is -0.890. The minimum absolute atomic E-state index is 0.184. The van der Waals surface area contributed by atoms with E-state index in [-0.39, 0.29) is 5.41 Å². The van der Waals surface area contributed by atoms with Crippen LogP contribution in [0.25, 0.3) is 0 Å². The first-order chi connectivity index (χ1) is 7.36. The summed E-state index contributed by atoms with van der Waals surface area (Å²) in [5, 5.41) is 3.54. The highest BCUT2D eigenvalue weighted by atomic mass is 15.0. The first-order valence-corrected chi connectivity index (χ1v) is 6.02. The highest BCUT2D eigenvalue weighted by Gasteiger charge is 2.27. The predicted molar refractivity (Wildman–Crippen MR) is 69.6 cm³/mol. The molecule has 2 heteroatoms. The number of nitrogens with one attached hydrogen (secondary N) is 1. The summed E-state index contributed by atoms with van der Waals surface area (Å²) in [6.07, 6.45) is 1.96. The van der Waals surface area contributed by atoms with Crippen LogP contribution in [0.2, 0.25) is 0 Å². The fraction of sp³-hybridized carbons (Fsp3) is 0.643. The molecule has 90 valence electrons. The van der Waals surface area contributed by atoms with Crippen molar-refractivity contribution < 1.29 is 0 Å². The summed E-state index contributed by atoms with van der Waals surface area (Å²) < 4.78 is 0. The van der Waals surface area contributed by atoms with Crippen LogP contribution in [0.3, 0.4) is 0 Å². The largest absolute Gasteiger partial charge is 0.308 e. The van der Waals surface area contributed by atoms with E-state index in [1.807, 2.05) is 6.20 Å². The molecule has 1 atom stereocenters. The zero-order chi connectivity index (χ0) is 12.3. The summed E-state index contributed by atoms with van der Waals surface area (Å²) >= 11 is 0. The third-order valence-electron chi connectivity index (χ3n) is 2.80. The van der Waals surface area contributed by atoms with E-state index in [4.69, 9.17) is 0 Å².